The van der Waals surface area contributed by atoms with E-state index < -0.39 is 0 Å². The lowest BCUT2D eigenvalue weighted by molar-refractivity contribution is -0.126. The molecular weight excluding hydrogens is 682 g/mol. The molecule has 0 spiro atoms. The van der Waals surface area contributed by atoms with Crippen LogP contribution in [0.4, 0.5) is 5.69 Å². The van der Waals surface area contributed by atoms with E-state index in [0.29, 0.717) is 103 Å². The molecule has 2 aromatic rings. The Bertz CT molecular complexity index is 1370. The van der Waals surface area contributed by atoms with Gasteiger partial charge in [0.15, 0.2) is 11.5 Å². The maximum atomic E-state index is 12.3. The van der Waals surface area contributed by atoms with Gasteiger partial charge in [-0.25, -0.2) is 0 Å². The molecule has 4 N–H and O–H groups in total. The van der Waals surface area contributed by atoms with E-state index in [1.807, 2.05) is 30.3 Å². The second-order valence-corrected chi connectivity index (χ2v) is 12.4. The van der Waals surface area contributed by atoms with Gasteiger partial charge in [0, 0.05) is 71.9 Å². The zero-order valence-electron chi connectivity index (χ0n) is 31.5. The topological polar surface area (TPSA) is 173 Å². The Balaban J connectivity index is 1.24. The molecule has 294 valence electrons. The minimum Gasteiger partial charge on any atom is -0.495 e. The van der Waals surface area contributed by atoms with Gasteiger partial charge in [0.25, 0.3) is 0 Å². The first-order valence-electron chi connectivity index (χ1n) is 18.4. The SMILES string of the molecule is COc1cc(CN2CCN(c3ccccc3OC)CC2)ccc1OCCCC(=O)NCC(=O)NCCOCCN(CCOCCN)CCOCCC#N. The van der Waals surface area contributed by atoms with Crippen LogP contribution in [0.2, 0.25) is 0 Å². The third-order valence-corrected chi connectivity index (χ3v) is 8.53. The van der Waals surface area contributed by atoms with E-state index in [1.165, 1.54) is 0 Å². The number of ether oxygens (including phenoxy) is 6. The predicted octanol–water partition coefficient (Wildman–Crippen LogP) is 1.64. The third kappa shape index (κ3) is 17.5. The number of piperazine rings is 1. The Morgan fingerprint density at radius 2 is 1.51 bits per heavy atom. The number of carbonyl (C=O) groups is 2. The average Bonchev–Trinajstić information content (AvgIpc) is 3.18. The summed E-state index contributed by atoms with van der Waals surface area (Å²) < 4.78 is 33.7. The van der Waals surface area contributed by atoms with Crippen molar-refractivity contribution >= 4 is 17.5 Å². The van der Waals surface area contributed by atoms with Gasteiger partial charge in [-0.05, 0) is 36.2 Å². The van der Waals surface area contributed by atoms with Crippen LogP contribution in [0.15, 0.2) is 42.5 Å². The quantitative estimate of drug-likeness (QED) is 0.108. The summed E-state index contributed by atoms with van der Waals surface area (Å²) in [6.45, 7) is 10.5. The minimum atomic E-state index is -0.283. The summed E-state index contributed by atoms with van der Waals surface area (Å²) in [6, 6.07) is 16.2. The summed E-state index contributed by atoms with van der Waals surface area (Å²) in [5.74, 6) is 1.68. The summed E-state index contributed by atoms with van der Waals surface area (Å²) in [6.07, 6.45) is 1.09. The molecule has 0 unspecified atom stereocenters. The summed E-state index contributed by atoms with van der Waals surface area (Å²) in [4.78, 5) is 31.5. The second-order valence-electron chi connectivity index (χ2n) is 12.4. The first kappa shape index (κ1) is 43.2. The number of anilines is 1. The van der Waals surface area contributed by atoms with Crippen LogP contribution < -0.4 is 35.5 Å². The predicted molar refractivity (Wildman–Crippen MR) is 202 cm³/mol. The first-order chi connectivity index (χ1) is 26.0. The molecule has 0 aliphatic carbocycles. The van der Waals surface area contributed by atoms with E-state index in [-0.39, 0.29) is 24.8 Å². The van der Waals surface area contributed by atoms with Crippen LogP contribution in [0, 0.1) is 11.3 Å². The zero-order chi connectivity index (χ0) is 37.9. The second kappa shape index (κ2) is 26.6. The van der Waals surface area contributed by atoms with Crippen LogP contribution in [0.5, 0.6) is 17.2 Å². The number of amides is 2. The van der Waals surface area contributed by atoms with Crippen LogP contribution in [0.3, 0.4) is 0 Å². The van der Waals surface area contributed by atoms with Crippen LogP contribution in [-0.2, 0) is 30.3 Å². The lowest BCUT2D eigenvalue weighted by Gasteiger charge is -2.36. The number of hydrogen-bond donors (Lipinski definition) is 3. The maximum absolute atomic E-state index is 12.3. The standard InChI is InChI=1S/C38H59N7O8/c1-48-34-8-4-3-7-33(34)45-17-15-44(16-18-45)31-32-10-11-35(36(29-32)49-2)53-23-5-9-37(46)42-30-38(47)41-14-25-52-28-21-43(20-27-51-24-13-40)19-26-50-22-6-12-39/h3-4,7-8,10-11,29H,5-6,9,13-28,30-31,40H2,1-2H3,(H,41,47)(H,42,46). The fourth-order valence-electron chi connectivity index (χ4n) is 5.66. The monoisotopic (exact) mass is 741 g/mol. The van der Waals surface area contributed by atoms with E-state index in [2.05, 4.69) is 43.5 Å². The Hall–Kier alpha value is -4.17. The first-order valence-corrected chi connectivity index (χ1v) is 18.4. The summed E-state index contributed by atoms with van der Waals surface area (Å²) in [5.41, 5.74) is 7.75. The largest absolute Gasteiger partial charge is 0.495 e. The fraction of sp³-hybridized carbons (Fsp3) is 0.605. The highest BCUT2D eigenvalue weighted by Gasteiger charge is 2.20. The van der Waals surface area contributed by atoms with E-state index in [1.54, 1.807) is 14.2 Å². The summed E-state index contributed by atoms with van der Waals surface area (Å²) in [7, 11) is 3.33. The van der Waals surface area contributed by atoms with Crippen LogP contribution in [0.1, 0.15) is 24.8 Å². The molecule has 0 atom stereocenters. The average molecular weight is 742 g/mol. The number of benzene rings is 2. The zero-order valence-corrected chi connectivity index (χ0v) is 31.5. The molecular formula is C38H59N7O8. The van der Waals surface area contributed by atoms with Gasteiger partial charge in [-0.1, -0.05) is 18.2 Å². The molecule has 1 aliphatic heterocycles. The lowest BCUT2D eigenvalue weighted by Crippen LogP contribution is -2.46. The van der Waals surface area contributed by atoms with Crippen molar-refractivity contribution in [3.63, 3.8) is 0 Å². The molecule has 53 heavy (non-hydrogen) atoms. The van der Waals surface area contributed by atoms with E-state index >= 15 is 0 Å². The number of carbonyl (C=O) groups excluding carboxylic acids is 2. The fourth-order valence-corrected chi connectivity index (χ4v) is 5.66. The lowest BCUT2D eigenvalue weighted by atomic mass is 10.1. The number of para-hydroxylation sites is 2. The van der Waals surface area contributed by atoms with Crippen molar-refractivity contribution in [2.75, 3.05) is 131 Å². The van der Waals surface area contributed by atoms with E-state index in [4.69, 9.17) is 39.4 Å². The van der Waals surface area contributed by atoms with Crippen molar-refractivity contribution < 1.29 is 38.0 Å². The van der Waals surface area contributed by atoms with Gasteiger partial charge < -0.3 is 49.7 Å². The number of methoxy groups -OCH3 is 2. The molecule has 1 saturated heterocycles. The Morgan fingerprint density at radius 3 is 2.21 bits per heavy atom. The molecule has 1 heterocycles. The van der Waals surface area contributed by atoms with Crippen molar-refractivity contribution in [2.45, 2.75) is 25.8 Å². The number of rotatable bonds is 28. The normalized spacial score (nSPS) is 13.1. The molecule has 0 saturated carbocycles. The van der Waals surface area contributed by atoms with Gasteiger partial charge in [-0.2, -0.15) is 5.26 Å². The molecule has 1 aliphatic rings. The molecule has 15 nitrogen and oxygen atoms in total. The third-order valence-electron chi connectivity index (χ3n) is 8.53. The molecule has 0 aromatic heterocycles. The van der Waals surface area contributed by atoms with Crippen LogP contribution >= 0.6 is 0 Å². The highest BCUT2D eigenvalue weighted by atomic mass is 16.5. The number of nitriles is 1. The highest BCUT2D eigenvalue weighted by Crippen LogP contribution is 2.30. The van der Waals surface area contributed by atoms with E-state index in [9.17, 15) is 9.59 Å². The molecule has 0 radical (unpaired) electrons. The van der Waals surface area contributed by atoms with Gasteiger partial charge in [-0.15, -0.1) is 0 Å². The number of hydrogen-bond acceptors (Lipinski definition) is 13. The number of nitrogens with two attached hydrogens (primary N) is 1. The van der Waals surface area contributed by atoms with Crippen LogP contribution in [-0.4, -0.2) is 148 Å². The Kier molecular flexibility index (Phi) is 21.7. The van der Waals surface area contributed by atoms with Crippen molar-refractivity contribution in [2.24, 2.45) is 5.73 Å². The van der Waals surface area contributed by atoms with Gasteiger partial charge in [0.1, 0.15) is 5.75 Å². The summed E-state index contributed by atoms with van der Waals surface area (Å²) >= 11 is 0. The molecule has 0 bridgehead atoms. The maximum Gasteiger partial charge on any atom is 0.239 e. The molecule has 2 amide bonds. The molecule has 1 fully saturated rings. The van der Waals surface area contributed by atoms with Gasteiger partial charge >= 0.3 is 0 Å². The number of nitrogens with zero attached hydrogens (tertiary/aromatic N) is 4. The van der Waals surface area contributed by atoms with Crippen molar-refractivity contribution in [3.05, 3.63) is 48.0 Å². The Labute approximate surface area is 314 Å². The Morgan fingerprint density at radius 1 is 0.811 bits per heavy atom. The smallest absolute Gasteiger partial charge is 0.239 e. The summed E-state index contributed by atoms with van der Waals surface area (Å²) in [5, 5.41) is 14.0. The van der Waals surface area contributed by atoms with E-state index in [0.717, 1.165) is 49.7 Å². The molecule has 2 aromatic carbocycles. The highest BCUT2D eigenvalue weighted by molar-refractivity contribution is 5.84. The molecule has 15 heteroatoms. The molecule has 3 rings (SSSR count). The minimum absolute atomic E-state index is 0.104. The number of nitrogens with one attached hydrogen (secondary N) is 2. The van der Waals surface area contributed by atoms with Gasteiger partial charge in [0.05, 0.1) is 85.2 Å². The van der Waals surface area contributed by atoms with Crippen LogP contribution in [0.25, 0.3) is 0 Å². The van der Waals surface area contributed by atoms with Crippen molar-refractivity contribution in [1.82, 2.24) is 20.4 Å². The van der Waals surface area contributed by atoms with Crippen molar-refractivity contribution in [1.29, 1.82) is 5.26 Å². The van der Waals surface area contributed by atoms with Gasteiger partial charge in [-0.3, -0.25) is 19.4 Å². The van der Waals surface area contributed by atoms with Gasteiger partial charge in [0.2, 0.25) is 11.8 Å². The van der Waals surface area contributed by atoms with Crippen molar-refractivity contribution in [3.8, 4) is 23.3 Å².